The van der Waals surface area contributed by atoms with Crippen molar-refractivity contribution >= 4 is 47.2 Å². The van der Waals surface area contributed by atoms with E-state index in [0.29, 0.717) is 31.2 Å². The van der Waals surface area contributed by atoms with Crippen molar-refractivity contribution in [1.82, 2.24) is 44.9 Å². The number of carbonyl (C=O) groups is 4. The summed E-state index contributed by atoms with van der Waals surface area (Å²) in [7, 11) is 2.58. The summed E-state index contributed by atoms with van der Waals surface area (Å²) in [5, 5.41) is 5.43. The molecule has 1 aliphatic carbocycles. The van der Waals surface area contributed by atoms with Crippen LogP contribution in [0.1, 0.15) is 96.0 Å². The summed E-state index contributed by atoms with van der Waals surface area (Å²) in [6, 6.07) is 27.4. The number of methoxy groups -OCH3 is 2. The molecule has 9 rings (SSSR count). The number of carbonyl (C=O) groups excluding carboxylic acids is 4. The van der Waals surface area contributed by atoms with Gasteiger partial charge in [0, 0.05) is 47.7 Å². The van der Waals surface area contributed by atoms with E-state index in [1.54, 1.807) is 0 Å². The molecule has 15 nitrogen and oxygen atoms in total. The van der Waals surface area contributed by atoms with Crippen molar-refractivity contribution in [3.8, 4) is 50.7 Å². The fraction of sp³-hybridized carbons (Fsp3) is 0.407. The Hall–Kier alpha value is -6.58. The molecule has 3 aromatic carbocycles. The molecule has 5 atom stereocenters. The van der Waals surface area contributed by atoms with Crippen LogP contribution in [-0.4, -0.2) is 102 Å². The van der Waals surface area contributed by atoms with Crippen molar-refractivity contribution in [2.24, 2.45) is 11.8 Å². The maximum absolute atomic E-state index is 13.8. The van der Waals surface area contributed by atoms with Gasteiger partial charge >= 0.3 is 12.2 Å². The number of benzene rings is 3. The summed E-state index contributed by atoms with van der Waals surface area (Å²) in [6.07, 6.45) is 6.34. The molecule has 1 saturated carbocycles. The minimum absolute atomic E-state index is 0.129. The Morgan fingerprint density at radius 1 is 0.634 bits per heavy atom. The minimum atomic E-state index is -0.798. The molecule has 6 aromatic rings. The molecule has 5 heterocycles. The lowest BCUT2D eigenvalue weighted by atomic mass is 9.98. The SMILES string of the molecule is COC(=O)N[C@H](C(=O)N1CCC[C@H]1c1nc(-c2ccc(-c3ccc(-c4ccc(-c5c[nH]c([C@@H]6CCCN6C(=O)[C@@H](NC(=O)OC)C(C)C)n5)cc4)n3-c3ccc(C4(C)CC4(Cl)Cl)cc3)cc2)c[nH]1)C(C)C. The summed E-state index contributed by atoms with van der Waals surface area (Å²) in [6.45, 7) is 10.8. The van der Waals surface area contributed by atoms with Gasteiger partial charge in [0.25, 0.3) is 0 Å². The van der Waals surface area contributed by atoms with Gasteiger partial charge in [-0.2, -0.15) is 0 Å². The summed E-state index contributed by atoms with van der Waals surface area (Å²) in [4.78, 5) is 72.0. The van der Waals surface area contributed by atoms with E-state index in [-0.39, 0.29) is 41.1 Å². The second-order valence-corrected chi connectivity index (χ2v) is 21.3. The number of rotatable bonds is 14. The summed E-state index contributed by atoms with van der Waals surface area (Å²) in [5.41, 5.74) is 9.08. The van der Waals surface area contributed by atoms with Gasteiger partial charge in [-0.15, -0.1) is 23.2 Å². The lowest BCUT2D eigenvalue weighted by molar-refractivity contribution is -0.136. The Balaban J connectivity index is 0.973. The highest BCUT2D eigenvalue weighted by Gasteiger charge is 2.63. The highest BCUT2D eigenvalue weighted by atomic mass is 35.5. The first-order valence-electron chi connectivity index (χ1n) is 24.3. The van der Waals surface area contributed by atoms with E-state index in [1.165, 1.54) is 14.2 Å². The topological polar surface area (TPSA) is 180 Å². The van der Waals surface area contributed by atoms with Crippen LogP contribution in [-0.2, 0) is 24.5 Å². The van der Waals surface area contributed by atoms with Crippen molar-refractivity contribution in [2.75, 3.05) is 27.3 Å². The molecule has 17 heteroatoms. The van der Waals surface area contributed by atoms with Crippen LogP contribution in [0.5, 0.6) is 0 Å². The first kappa shape index (κ1) is 49.4. The smallest absolute Gasteiger partial charge is 0.407 e. The van der Waals surface area contributed by atoms with E-state index in [1.807, 2.05) is 49.9 Å². The lowest BCUT2D eigenvalue weighted by Gasteiger charge is -2.29. The van der Waals surface area contributed by atoms with Gasteiger partial charge < -0.3 is 44.4 Å². The van der Waals surface area contributed by atoms with Crippen LogP contribution in [0.4, 0.5) is 9.59 Å². The number of imidazole rings is 2. The number of alkyl carbamates (subject to hydrolysis) is 2. The van der Waals surface area contributed by atoms with Gasteiger partial charge in [-0.3, -0.25) is 9.59 Å². The van der Waals surface area contributed by atoms with Gasteiger partial charge in [0.1, 0.15) is 28.1 Å². The molecule has 0 radical (unpaired) electrons. The average Bonchev–Trinajstić information content (AvgIpc) is 4.17. The number of likely N-dealkylation sites (tertiary alicyclic amines) is 2. The lowest BCUT2D eigenvalue weighted by Crippen LogP contribution is -2.51. The Bertz CT molecular complexity index is 2750. The van der Waals surface area contributed by atoms with Crippen molar-refractivity contribution in [2.45, 2.75) is 101 Å². The quantitative estimate of drug-likeness (QED) is 0.0779. The number of aromatic amines is 2. The Kier molecular flexibility index (Phi) is 13.8. The van der Waals surface area contributed by atoms with E-state index in [0.717, 1.165) is 82.0 Å². The number of amides is 4. The highest BCUT2D eigenvalue weighted by molar-refractivity contribution is 6.52. The number of hydrogen-bond acceptors (Lipinski definition) is 8. The molecule has 4 amide bonds. The van der Waals surface area contributed by atoms with E-state index in [4.69, 9.17) is 42.6 Å². The average molecular weight is 1000 g/mol. The van der Waals surface area contributed by atoms with Gasteiger partial charge in [-0.1, -0.05) is 95.3 Å². The molecule has 4 N–H and O–H groups in total. The molecule has 3 aliphatic rings. The van der Waals surface area contributed by atoms with E-state index in [9.17, 15) is 19.2 Å². The third kappa shape index (κ3) is 9.65. The Labute approximate surface area is 424 Å². The highest BCUT2D eigenvalue weighted by Crippen LogP contribution is 2.64. The van der Waals surface area contributed by atoms with Crippen LogP contribution in [0.3, 0.4) is 0 Å². The third-order valence-electron chi connectivity index (χ3n) is 14.5. The molecule has 3 aromatic heterocycles. The molecule has 71 heavy (non-hydrogen) atoms. The number of nitrogens with zero attached hydrogens (tertiary/aromatic N) is 5. The normalized spacial score (nSPS) is 20.3. The number of ether oxygens (including phenoxy) is 2. The van der Waals surface area contributed by atoms with Gasteiger partial charge in [0.05, 0.1) is 49.1 Å². The molecular weight excluding hydrogens is 942 g/mol. The fourth-order valence-corrected chi connectivity index (χ4v) is 10.9. The molecule has 2 saturated heterocycles. The number of alkyl halides is 2. The monoisotopic (exact) mass is 1000 g/mol. The summed E-state index contributed by atoms with van der Waals surface area (Å²) < 4.78 is 11.1. The minimum Gasteiger partial charge on any atom is -0.453 e. The second kappa shape index (κ2) is 19.9. The molecule has 0 spiro atoms. The van der Waals surface area contributed by atoms with Crippen molar-refractivity contribution in [3.05, 3.63) is 115 Å². The van der Waals surface area contributed by atoms with Gasteiger partial charge in [-0.05, 0) is 84.9 Å². The maximum Gasteiger partial charge on any atom is 0.407 e. The van der Waals surface area contributed by atoms with Crippen LogP contribution in [0.2, 0.25) is 0 Å². The maximum atomic E-state index is 13.8. The van der Waals surface area contributed by atoms with Crippen molar-refractivity contribution in [1.29, 1.82) is 0 Å². The van der Waals surface area contributed by atoms with Crippen LogP contribution >= 0.6 is 23.2 Å². The number of halogens is 2. The predicted molar refractivity (Wildman–Crippen MR) is 274 cm³/mol. The zero-order chi connectivity index (χ0) is 50.4. The van der Waals surface area contributed by atoms with Gasteiger partial charge in [0.2, 0.25) is 11.8 Å². The van der Waals surface area contributed by atoms with Crippen LogP contribution in [0.15, 0.2) is 97.3 Å². The number of H-pyrrole nitrogens is 2. The summed E-state index contributed by atoms with van der Waals surface area (Å²) in [5.74, 6) is 0.841. The molecule has 3 fully saturated rings. The largest absolute Gasteiger partial charge is 0.453 e. The molecule has 0 bridgehead atoms. The van der Waals surface area contributed by atoms with Crippen molar-refractivity contribution < 1.29 is 28.7 Å². The van der Waals surface area contributed by atoms with Crippen LogP contribution in [0, 0.1) is 11.8 Å². The van der Waals surface area contributed by atoms with Gasteiger partial charge in [0.15, 0.2) is 0 Å². The molecule has 1 unspecified atom stereocenters. The second-order valence-electron chi connectivity index (χ2n) is 19.8. The predicted octanol–water partition coefficient (Wildman–Crippen LogP) is 10.5. The molecular formula is C54H61Cl2N9O6. The summed E-state index contributed by atoms with van der Waals surface area (Å²) >= 11 is 13.2. The first-order chi connectivity index (χ1) is 34.0. The standard InChI is InChI=1S/C54H61Cl2N9O6/c1-31(2)45(61-51(68)70-6)49(66)63-26-8-10-43(63)47-57-28-39(59-47)33-12-16-35(17-13-33)41-24-25-42(65(41)38-22-20-37(21-23-38)53(5)30-54(53,55)56)36-18-14-34(15-19-36)40-29-58-48(60-40)44-11-9-27-64(44)50(67)46(32(3)4)62-52(69)71-7/h12-25,28-29,31-32,43-46H,8-11,26-27,30H2,1-7H3,(H,57,59)(H,58,60)(H,61,68)(H,62,69)/t43-,44-,45-,46-,53?/m0/s1. The Morgan fingerprint density at radius 3 is 1.39 bits per heavy atom. The zero-order valence-corrected chi connectivity index (χ0v) is 42.6. The molecule has 2 aliphatic heterocycles. The zero-order valence-electron chi connectivity index (χ0n) is 41.1. The van der Waals surface area contributed by atoms with Gasteiger partial charge in [-0.25, -0.2) is 19.6 Å². The van der Waals surface area contributed by atoms with E-state index >= 15 is 0 Å². The number of nitrogens with one attached hydrogen (secondary N) is 4. The van der Waals surface area contributed by atoms with E-state index in [2.05, 4.69) is 117 Å². The van der Waals surface area contributed by atoms with Crippen molar-refractivity contribution in [3.63, 3.8) is 0 Å². The van der Waals surface area contributed by atoms with Crippen LogP contribution < -0.4 is 10.6 Å². The first-order valence-corrected chi connectivity index (χ1v) is 25.1. The number of hydrogen-bond donors (Lipinski definition) is 4. The molecule has 372 valence electrons. The third-order valence-corrected chi connectivity index (χ3v) is 15.6. The van der Waals surface area contributed by atoms with Crippen LogP contribution in [0.25, 0.3) is 50.7 Å². The fourth-order valence-electron chi connectivity index (χ4n) is 10.2. The number of aromatic nitrogens is 5. The Morgan fingerprint density at radius 2 is 1.03 bits per heavy atom. The van der Waals surface area contributed by atoms with E-state index < -0.39 is 28.6 Å².